The molecule has 1 fully saturated rings. The van der Waals surface area contributed by atoms with E-state index in [1.807, 2.05) is 0 Å². The van der Waals surface area contributed by atoms with E-state index in [2.05, 4.69) is 36.0 Å². The summed E-state index contributed by atoms with van der Waals surface area (Å²) in [6.07, 6.45) is 2.22. The van der Waals surface area contributed by atoms with E-state index in [1.165, 1.54) is 32.5 Å². The third-order valence-electron chi connectivity index (χ3n) is 3.76. The molecule has 0 spiro atoms. The molecule has 0 aromatic heterocycles. The molecular weight excluding hydrogens is 214 g/mol. The summed E-state index contributed by atoms with van der Waals surface area (Å²) in [6.45, 7) is 10.3. The van der Waals surface area contributed by atoms with E-state index < -0.39 is 0 Å². The topological polar surface area (TPSA) is 38.7 Å². The number of piperidine rings is 1. The summed E-state index contributed by atoms with van der Waals surface area (Å²) < 4.78 is 0. The van der Waals surface area contributed by atoms with Gasteiger partial charge in [-0.2, -0.15) is 0 Å². The van der Waals surface area contributed by atoms with Gasteiger partial charge in [-0.25, -0.2) is 0 Å². The first-order valence-electron chi connectivity index (χ1n) is 6.98. The minimum absolute atomic E-state index is 0.246. The Labute approximate surface area is 106 Å². The fourth-order valence-corrected chi connectivity index (χ4v) is 2.53. The highest BCUT2D eigenvalue weighted by Gasteiger charge is 2.22. The zero-order valence-corrected chi connectivity index (χ0v) is 11.7. The molecule has 4 nitrogen and oxygen atoms in total. The Hall–Kier alpha value is -0.160. The number of nitrogens with one attached hydrogen (secondary N) is 1. The van der Waals surface area contributed by atoms with E-state index in [0.717, 1.165) is 13.1 Å². The van der Waals surface area contributed by atoms with E-state index >= 15 is 0 Å². The molecule has 4 heteroatoms. The number of likely N-dealkylation sites (N-methyl/N-ethyl adjacent to an activating group) is 2. The lowest BCUT2D eigenvalue weighted by molar-refractivity contribution is 0.0749. The van der Waals surface area contributed by atoms with Crippen LogP contribution in [0.4, 0.5) is 0 Å². The first kappa shape index (κ1) is 14.9. The van der Waals surface area contributed by atoms with Gasteiger partial charge in [-0.05, 0) is 46.1 Å². The average Bonchev–Trinajstić information content (AvgIpc) is 2.36. The molecule has 0 aliphatic carbocycles. The predicted molar refractivity (Wildman–Crippen MR) is 72.3 cm³/mol. The van der Waals surface area contributed by atoms with Crippen molar-refractivity contribution in [2.24, 2.45) is 0 Å². The highest BCUT2D eigenvalue weighted by molar-refractivity contribution is 4.79. The predicted octanol–water partition coefficient (Wildman–Crippen LogP) is 0.373. The molecule has 0 amide bonds. The van der Waals surface area contributed by atoms with Crippen molar-refractivity contribution in [3.05, 3.63) is 0 Å². The van der Waals surface area contributed by atoms with Crippen LogP contribution in [-0.2, 0) is 0 Å². The second kappa shape index (κ2) is 8.03. The van der Waals surface area contributed by atoms with Gasteiger partial charge < -0.3 is 20.2 Å². The molecule has 102 valence electrons. The van der Waals surface area contributed by atoms with Crippen molar-refractivity contribution in [2.45, 2.75) is 38.8 Å². The molecule has 0 aromatic rings. The van der Waals surface area contributed by atoms with Crippen molar-refractivity contribution >= 4 is 0 Å². The Morgan fingerprint density at radius 2 is 2.00 bits per heavy atom. The van der Waals surface area contributed by atoms with Crippen molar-refractivity contribution in [1.29, 1.82) is 0 Å². The monoisotopic (exact) mass is 243 g/mol. The number of aliphatic hydroxyl groups excluding tert-OH is 1. The molecule has 0 aromatic carbocycles. The van der Waals surface area contributed by atoms with Gasteiger partial charge in [-0.15, -0.1) is 0 Å². The van der Waals surface area contributed by atoms with Gasteiger partial charge in [0.1, 0.15) is 0 Å². The standard InChI is InChI=1S/C13H29N3O/c1-4-14-10-13(17)11-15(3)12-6-8-16(5-2)9-7-12/h12-14,17H,4-11H2,1-3H3. The van der Waals surface area contributed by atoms with E-state index in [1.54, 1.807) is 0 Å². The summed E-state index contributed by atoms with van der Waals surface area (Å²) >= 11 is 0. The van der Waals surface area contributed by atoms with Crippen LogP contribution < -0.4 is 5.32 Å². The smallest absolute Gasteiger partial charge is 0.0791 e. The summed E-state index contributed by atoms with van der Waals surface area (Å²) in [5.41, 5.74) is 0. The highest BCUT2D eigenvalue weighted by atomic mass is 16.3. The number of aliphatic hydroxyl groups is 1. The SMILES string of the molecule is CCNCC(O)CN(C)C1CCN(CC)CC1. The molecule has 0 saturated carbocycles. The molecule has 1 atom stereocenters. The maximum Gasteiger partial charge on any atom is 0.0791 e. The third-order valence-corrected chi connectivity index (χ3v) is 3.76. The van der Waals surface area contributed by atoms with E-state index in [4.69, 9.17) is 0 Å². The molecule has 0 radical (unpaired) electrons. The highest BCUT2D eigenvalue weighted by Crippen LogP contribution is 2.15. The van der Waals surface area contributed by atoms with Crippen molar-refractivity contribution in [3.8, 4) is 0 Å². The van der Waals surface area contributed by atoms with Gasteiger partial charge in [0.05, 0.1) is 6.10 Å². The number of likely N-dealkylation sites (tertiary alicyclic amines) is 1. The minimum atomic E-state index is -0.246. The first-order chi connectivity index (χ1) is 8.17. The molecular formula is C13H29N3O. The van der Waals surface area contributed by atoms with Gasteiger partial charge in [0.25, 0.3) is 0 Å². The summed E-state index contributed by atoms with van der Waals surface area (Å²) in [5, 5.41) is 13.1. The molecule has 1 heterocycles. The minimum Gasteiger partial charge on any atom is -0.390 e. The Morgan fingerprint density at radius 3 is 2.53 bits per heavy atom. The molecule has 2 N–H and O–H groups in total. The summed E-state index contributed by atoms with van der Waals surface area (Å²) in [4.78, 5) is 4.83. The van der Waals surface area contributed by atoms with Crippen molar-refractivity contribution in [2.75, 3.05) is 46.3 Å². The number of hydrogen-bond acceptors (Lipinski definition) is 4. The van der Waals surface area contributed by atoms with Gasteiger partial charge >= 0.3 is 0 Å². The summed E-state index contributed by atoms with van der Waals surface area (Å²) in [7, 11) is 2.14. The van der Waals surface area contributed by atoms with Gasteiger partial charge in [0.2, 0.25) is 0 Å². The van der Waals surface area contributed by atoms with Crippen molar-refractivity contribution in [1.82, 2.24) is 15.1 Å². The van der Waals surface area contributed by atoms with Crippen molar-refractivity contribution in [3.63, 3.8) is 0 Å². The van der Waals surface area contributed by atoms with Crippen LogP contribution >= 0.6 is 0 Å². The van der Waals surface area contributed by atoms with Gasteiger partial charge in [-0.1, -0.05) is 13.8 Å². The summed E-state index contributed by atoms with van der Waals surface area (Å²) in [5.74, 6) is 0. The van der Waals surface area contributed by atoms with Crippen LogP contribution in [-0.4, -0.2) is 73.4 Å². The second-order valence-electron chi connectivity index (χ2n) is 5.07. The van der Waals surface area contributed by atoms with E-state index in [-0.39, 0.29) is 6.10 Å². The van der Waals surface area contributed by atoms with Gasteiger partial charge in [-0.3, -0.25) is 0 Å². The van der Waals surface area contributed by atoms with Crippen LogP contribution in [0.3, 0.4) is 0 Å². The molecule has 1 aliphatic heterocycles. The van der Waals surface area contributed by atoms with Gasteiger partial charge in [0.15, 0.2) is 0 Å². The maximum atomic E-state index is 9.86. The van der Waals surface area contributed by atoms with E-state index in [9.17, 15) is 5.11 Å². The molecule has 1 saturated heterocycles. The Balaban J connectivity index is 2.21. The lowest BCUT2D eigenvalue weighted by atomic mass is 10.0. The molecule has 1 rings (SSSR count). The first-order valence-corrected chi connectivity index (χ1v) is 6.98. The molecule has 1 unspecified atom stereocenters. The normalized spacial score (nSPS) is 21.0. The summed E-state index contributed by atoms with van der Waals surface area (Å²) in [6, 6.07) is 0.647. The fraction of sp³-hybridized carbons (Fsp3) is 1.00. The number of nitrogens with zero attached hydrogens (tertiary/aromatic N) is 2. The van der Waals surface area contributed by atoms with Crippen LogP contribution in [0.15, 0.2) is 0 Å². The maximum absolute atomic E-state index is 9.86. The largest absolute Gasteiger partial charge is 0.390 e. The van der Waals surface area contributed by atoms with Crippen LogP contribution in [0.1, 0.15) is 26.7 Å². The lowest BCUT2D eigenvalue weighted by Crippen LogP contribution is -2.46. The number of rotatable bonds is 7. The Bertz CT molecular complexity index is 193. The fourth-order valence-electron chi connectivity index (χ4n) is 2.53. The third kappa shape index (κ3) is 5.34. The number of hydrogen-bond donors (Lipinski definition) is 2. The van der Waals surface area contributed by atoms with Crippen LogP contribution in [0, 0.1) is 0 Å². The lowest BCUT2D eigenvalue weighted by Gasteiger charge is -2.37. The van der Waals surface area contributed by atoms with Crippen molar-refractivity contribution < 1.29 is 5.11 Å². The van der Waals surface area contributed by atoms with Crippen LogP contribution in [0.2, 0.25) is 0 Å². The Kier molecular flexibility index (Phi) is 7.04. The molecule has 0 bridgehead atoms. The van der Waals surface area contributed by atoms with E-state index in [0.29, 0.717) is 12.6 Å². The Morgan fingerprint density at radius 1 is 1.35 bits per heavy atom. The second-order valence-corrected chi connectivity index (χ2v) is 5.07. The van der Waals surface area contributed by atoms with Crippen LogP contribution in [0.5, 0.6) is 0 Å². The zero-order chi connectivity index (χ0) is 12.7. The zero-order valence-electron chi connectivity index (χ0n) is 11.7. The molecule has 17 heavy (non-hydrogen) atoms. The van der Waals surface area contributed by atoms with Gasteiger partial charge in [0, 0.05) is 19.1 Å². The average molecular weight is 243 g/mol. The quantitative estimate of drug-likeness (QED) is 0.678. The van der Waals surface area contributed by atoms with Crippen LogP contribution in [0.25, 0.3) is 0 Å². The molecule has 1 aliphatic rings.